The molecule has 0 spiro atoms. The first-order chi connectivity index (χ1) is 8.70. The number of nitrogens with zero attached hydrogens (tertiary/aromatic N) is 1. The number of nitrogens with one attached hydrogen (secondary N) is 1. The fraction of sp³-hybridized carbons (Fsp3) is 0.500. The Labute approximate surface area is 109 Å². The summed E-state index contributed by atoms with van der Waals surface area (Å²) in [5.74, 6) is -2.41. The van der Waals surface area contributed by atoms with Crippen LogP contribution in [-0.2, 0) is 0 Å². The summed E-state index contributed by atoms with van der Waals surface area (Å²) in [7, 11) is 0. The van der Waals surface area contributed by atoms with E-state index in [9.17, 15) is 18.9 Å². The van der Waals surface area contributed by atoms with Gasteiger partial charge in [-0.25, -0.2) is 4.39 Å². The van der Waals surface area contributed by atoms with Crippen LogP contribution < -0.4 is 10.1 Å². The van der Waals surface area contributed by atoms with Gasteiger partial charge in [0.25, 0.3) is 0 Å². The van der Waals surface area contributed by atoms with Gasteiger partial charge in [0.2, 0.25) is 5.82 Å². The summed E-state index contributed by atoms with van der Waals surface area (Å²) in [6.07, 6.45) is 0. The lowest BCUT2D eigenvalue weighted by Crippen LogP contribution is -2.38. The summed E-state index contributed by atoms with van der Waals surface area (Å²) in [6, 6.07) is 1.20. The van der Waals surface area contributed by atoms with Crippen molar-refractivity contribution >= 4 is 5.69 Å². The molecule has 0 aliphatic heterocycles. The third kappa shape index (κ3) is 4.78. The highest BCUT2D eigenvalue weighted by Crippen LogP contribution is 2.26. The molecule has 1 aromatic rings. The number of rotatable bonds is 5. The lowest BCUT2D eigenvalue weighted by Gasteiger charge is -2.20. The number of nitro benzene ring substituents is 1. The monoisotopic (exact) mass is 274 g/mol. The molecule has 0 radical (unpaired) electrons. The van der Waals surface area contributed by atoms with E-state index in [1.165, 1.54) is 0 Å². The molecule has 106 valence electrons. The molecule has 19 heavy (non-hydrogen) atoms. The van der Waals surface area contributed by atoms with E-state index in [-0.39, 0.29) is 17.9 Å². The van der Waals surface area contributed by atoms with Crippen molar-refractivity contribution in [2.24, 2.45) is 0 Å². The first kappa shape index (κ1) is 15.3. The first-order valence-corrected chi connectivity index (χ1v) is 5.72. The van der Waals surface area contributed by atoms with Gasteiger partial charge in [-0.1, -0.05) is 0 Å². The second-order valence-corrected chi connectivity index (χ2v) is 5.02. The van der Waals surface area contributed by atoms with Crippen molar-refractivity contribution in [3.8, 4) is 5.75 Å². The Morgan fingerprint density at radius 3 is 2.47 bits per heavy atom. The van der Waals surface area contributed by atoms with Crippen LogP contribution in [0.15, 0.2) is 12.1 Å². The number of hydrogen-bond donors (Lipinski definition) is 1. The van der Waals surface area contributed by atoms with Crippen LogP contribution in [0, 0.1) is 21.7 Å². The van der Waals surface area contributed by atoms with Crippen molar-refractivity contribution in [3.05, 3.63) is 33.9 Å². The van der Waals surface area contributed by atoms with Crippen LogP contribution in [0.1, 0.15) is 20.8 Å². The molecular formula is C12H16F2N2O3. The molecule has 0 aliphatic carbocycles. The summed E-state index contributed by atoms with van der Waals surface area (Å²) in [6.45, 7) is 6.45. The predicted octanol–water partition coefficient (Wildman–Crippen LogP) is 2.64. The number of halogens is 2. The molecule has 1 aromatic carbocycles. The van der Waals surface area contributed by atoms with Gasteiger partial charge in [0.05, 0.1) is 11.0 Å². The largest absolute Gasteiger partial charge is 0.489 e. The fourth-order valence-electron chi connectivity index (χ4n) is 1.36. The molecule has 5 nitrogen and oxygen atoms in total. The standard InChI is InChI=1S/C12H16F2N2O3/c1-12(2,3)15-4-5-19-11-7-8(13)10(16(17)18)6-9(11)14/h6-7,15H,4-5H2,1-3H3. The number of ether oxygens (including phenoxy) is 1. The smallest absolute Gasteiger partial charge is 0.307 e. The summed E-state index contributed by atoms with van der Waals surface area (Å²) in [5, 5.41) is 13.5. The third-order valence-electron chi connectivity index (χ3n) is 2.21. The van der Waals surface area contributed by atoms with Crippen molar-refractivity contribution in [2.75, 3.05) is 13.2 Å². The maximum Gasteiger partial charge on any atom is 0.307 e. The molecule has 7 heteroatoms. The van der Waals surface area contributed by atoms with Crippen LogP contribution in [0.4, 0.5) is 14.5 Å². The molecular weight excluding hydrogens is 258 g/mol. The topological polar surface area (TPSA) is 64.4 Å². The fourth-order valence-corrected chi connectivity index (χ4v) is 1.36. The van der Waals surface area contributed by atoms with Crippen molar-refractivity contribution in [1.82, 2.24) is 5.32 Å². The zero-order valence-electron chi connectivity index (χ0n) is 11.0. The normalized spacial score (nSPS) is 11.4. The minimum atomic E-state index is -1.12. The summed E-state index contributed by atoms with van der Waals surface area (Å²) < 4.78 is 31.8. The van der Waals surface area contributed by atoms with Crippen LogP contribution in [0.2, 0.25) is 0 Å². The quantitative estimate of drug-likeness (QED) is 0.509. The van der Waals surface area contributed by atoms with E-state index in [1.54, 1.807) is 0 Å². The number of hydrogen-bond acceptors (Lipinski definition) is 4. The zero-order chi connectivity index (χ0) is 14.6. The average molecular weight is 274 g/mol. The van der Waals surface area contributed by atoms with E-state index in [0.29, 0.717) is 18.7 Å². The SMILES string of the molecule is CC(C)(C)NCCOc1cc(F)c([N+](=O)[O-])cc1F. The van der Waals surface area contributed by atoms with E-state index >= 15 is 0 Å². The lowest BCUT2D eigenvalue weighted by molar-refractivity contribution is -0.387. The van der Waals surface area contributed by atoms with Gasteiger partial charge >= 0.3 is 5.69 Å². The lowest BCUT2D eigenvalue weighted by atomic mass is 10.1. The Morgan fingerprint density at radius 1 is 1.32 bits per heavy atom. The number of benzene rings is 1. The average Bonchev–Trinajstić information content (AvgIpc) is 2.26. The highest BCUT2D eigenvalue weighted by Gasteiger charge is 2.19. The molecule has 0 saturated carbocycles. The molecule has 0 aromatic heterocycles. The van der Waals surface area contributed by atoms with Crippen LogP contribution in [0.3, 0.4) is 0 Å². The highest BCUT2D eigenvalue weighted by atomic mass is 19.1. The molecule has 0 fully saturated rings. The van der Waals surface area contributed by atoms with Gasteiger partial charge in [-0.05, 0) is 20.8 Å². The van der Waals surface area contributed by atoms with Gasteiger partial charge in [-0.2, -0.15) is 4.39 Å². The summed E-state index contributed by atoms with van der Waals surface area (Å²) >= 11 is 0. The van der Waals surface area contributed by atoms with Crippen molar-refractivity contribution in [2.45, 2.75) is 26.3 Å². The van der Waals surface area contributed by atoms with E-state index in [1.807, 2.05) is 20.8 Å². The maximum absolute atomic E-state index is 13.4. The highest BCUT2D eigenvalue weighted by molar-refractivity contribution is 5.39. The Bertz CT molecular complexity index is 473. The summed E-state index contributed by atoms with van der Waals surface area (Å²) in [4.78, 5) is 9.42. The molecule has 1 rings (SSSR count). The van der Waals surface area contributed by atoms with Gasteiger partial charge in [-0.15, -0.1) is 0 Å². The van der Waals surface area contributed by atoms with Crippen LogP contribution >= 0.6 is 0 Å². The molecule has 0 aliphatic rings. The van der Waals surface area contributed by atoms with E-state index in [0.717, 1.165) is 0 Å². The van der Waals surface area contributed by atoms with Gasteiger partial charge in [0, 0.05) is 18.2 Å². The maximum atomic E-state index is 13.4. The summed E-state index contributed by atoms with van der Waals surface area (Å²) in [5.41, 5.74) is -1.01. The zero-order valence-corrected chi connectivity index (χ0v) is 11.0. The van der Waals surface area contributed by atoms with Crippen LogP contribution in [-0.4, -0.2) is 23.6 Å². The Hall–Kier alpha value is -1.76. The first-order valence-electron chi connectivity index (χ1n) is 5.72. The van der Waals surface area contributed by atoms with Crippen molar-refractivity contribution in [3.63, 3.8) is 0 Å². The molecule has 0 bridgehead atoms. The van der Waals surface area contributed by atoms with Gasteiger partial charge in [-0.3, -0.25) is 10.1 Å². The van der Waals surface area contributed by atoms with Crippen LogP contribution in [0.5, 0.6) is 5.75 Å². The second-order valence-electron chi connectivity index (χ2n) is 5.02. The van der Waals surface area contributed by atoms with Gasteiger partial charge < -0.3 is 10.1 Å². The van der Waals surface area contributed by atoms with Crippen molar-refractivity contribution in [1.29, 1.82) is 0 Å². The second kappa shape index (κ2) is 5.92. The Balaban J connectivity index is 2.65. The van der Waals surface area contributed by atoms with Crippen molar-refractivity contribution < 1.29 is 18.4 Å². The molecule has 0 amide bonds. The molecule has 0 saturated heterocycles. The Morgan fingerprint density at radius 2 is 1.95 bits per heavy atom. The van der Waals surface area contributed by atoms with E-state index < -0.39 is 22.2 Å². The molecule has 1 N–H and O–H groups in total. The van der Waals surface area contributed by atoms with E-state index in [2.05, 4.69) is 5.32 Å². The molecule has 0 unspecified atom stereocenters. The minimum Gasteiger partial charge on any atom is -0.489 e. The Kier molecular flexibility index (Phi) is 4.77. The van der Waals surface area contributed by atoms with Crippen LogP contribution in [0.25, 0.3) is 0 Å². The predicted molar refractivity (Wildman–Crippen MR) is 66.3 cm³/mol. The molecule has 0 atom stereocenters. The molecule has 0 heterocycles. The number of nitro groups is 1. The van der Waals surface area contributed by atoms with Gasteiger partial charge in [0.1, 0.15) is 6.61 Å². The van der Waals surface area contributed by atoms with Gasteiger partial charge in [0.15, 0.2) is 11.6 Å². The third-order valence-corrected chi connectivity index (χ3v) is 2.21. The minimum absolute atomic E-state index is 0.109. The van der Waals surface area contributed by atoms with E-state index in [4.69, 9.17) is 4.74 Å².